The van der Waals surface area contributed by atoms with E-state index in [1.165, 1.54) is 22.3 Å². The van der Waals surface area contributed by atoms with Gasteiger partial charge < -0.3 is 10.1 Å². The van der Waals surface area contributed by atoms with Crippen molar-refractivity contribution in [1.29, 1.82) is 0 Å². The zero-order chi connectivity index (χ0) is 14.2. The minimum absolute atomic E-state index is 0.105. The molecule has 0 saturated heterocycles. The fourth-order valence-corrected chi connectivity index (χ4v) is 2.77. The van der Waals surface area contributed by atoms with Gasteiger partial charge in [-0.25, -0.2) is 0 Å². The van der Waals surface area contributed by atoms with Crippen molar-refractivity contribution in [1.82, 2.24) is 5.32 Å². The summed E-state index contributed by atoms with van der Waals surface area (Å²) in [4.78, 5) is 0. The van der Waals surface area contributed by atoms with Crippen molar-refractivity contribution in [2.75, 3.05) is 13.7 Å². The molecule has 1 N–H and O–H groups in total. The Bertz CT molecular complexity index is 631. The number of ether oxygens (including phenoxy) is 1. The molecule has 2 aromatic rings. The van der Waals surface area contributed by atoms with E-state index >= 15 is 0 Å². The van der Waals surface area contributed by atoms with Crippen LogP contribution in [0.25, 0.3) is 11.1 Å². The minimum atomic E-state index is 0.105. The van der Waals surface area contributed by atoms with Gasteiger partial charge in [-0.2, -0.15) is 0 Å². The fraction of sp³-hybridized carbons (Fsp3) is 0.333. The minimum Gasteiger partial charge on any atom is -0.492 e. The standard InChI is InChI=1S/C18H21NO/c1-18(2)12-20-17-8-7-15(10-16(17)18)14-6-4-5-13(9-14)11-19-3/h4-10,19H,11-12H2,1-3H3. The second kappa shape index (κ2) is 4.95. The van der Waals surface area contributed by atoms with Crippen molar-refractivity contribution < 1.29 is 4.74 Å². The molecule has 0 atom stereocenters. The Balaban J connectivity index is 2.01. The second-order valence-corrected chi connectivity index (χ2v) is 6.11. The van der Waals surface area contributed by atoms with Crippen LogP contribution in [-0.4, -0.2) is 13.7 Å². The maximum atomic E-state index is 5.76. The Morgan fingerprint density at radius 3 is 2.70 bits per heavy atom. The van der Waals surface area contributed by atoms with Crippen molar-refractivity contribution in [2.24, 2.45) is 0 Å². The van der Waals surface area contributed by atoms with Crippen LogP contribution >= 0.6 is 0 Å². The molecule has 0 spiro atoms. The van der Waals surface area contributed by atoms with Crippen LogP contribution in [0, 0.1) is 0 Å². The summed E-state index contributed by atoms with van der Waals surface area (Å²) in [5.41, 5.74) is 5.26. The summed E-state index contributed by atoms with van der Waals surface area (Å²) < 4.78 is 5.76. The average Bonchev–Trinajstić information content (AvgIpc) is 2.75. The lowest BCUT2D eigenvalue weighted by Gasteiger charge is -2.16. The van der Waals surface area contributed by atoms with Gasteiger partial charge in [-0.15, -0.1) is 0 Å². The molecule has 0 radical (unpaired) electrons. The van der Waals surface area contributed by atoms with Crippen molar-refractivity contribution >= 4 is 0 Å². The largest absolute Gasteiger partial charge is 0.492 e. The molecule has 1 aliphatic rings. The van der Waals surface area contributed by atoms with Crippen molar-refractivity contribution in [3.8, 4) is 16.9 Å². The summed E-state index contributed by atoms with van der Waals surface area (Å²) in [5.74, 6) is 1.03. The van der Waals surface area contributed by atoms with Gasteiger partial charge in [0.2, 0.25) is 0 Å². The Morgan fingerprint density at radius 2 is 1.90 bits per heavy atom. The number of nitrogens with one attached hydrogen (secondary N) is 1. The second-order valence-electron chi connectivity index (χ2n) is 6.11. The monoisotopic (exact) mass is 267 g/mol. The normalized spacial score (nSPS) is 15.8. The highest BCUT2D eigenvalue weighted by Gasteiger charge is 2.31. The van der Waals surface area contributed by atoms with Crippen LogP contribution in [0.1, 0.15) is 25.0 Å². The molecule has 2 aromatic carbocycles. The molecule has 2 nitrogen and oxygen atoms in total. The zero-order valence-corrected chi connectivity index (χ0v) is 12.4. The third kappa shape index (κ3) is 2.32. The predicted molar refractivity (Wildman–Crippen MR) is 83.2 cm³/mol. The maximum absolute atomic E-state index is 5.76. The lowest BCUT2D eigenvalue weighted by Crippen LogP contribution is -2.18. The van der Waals surface area contributed by atoms with Crippen molar-refractivity contribution in [3.63, 3.8) is 0 Å². The molecule has 0 saturated carbocycles. The van der Waals surface area contributed by atoms with Crippen LogP contribution in [0.5, 0.6) is 5.75 Å². The molecule has 1 aliphatic heterocycles. The topological polar surface area (TPSA) is 21.3 Å². The van der Waals surface area contributed by atoms with Gasteiger partial charge in [0, 0.05) is 17.5 Å². The first-order valence-corrected chi connectivity index (χ1v) is 7.11. The van der Waals surface area contributed by atoms with E-state index in [-0.39, 0.29) is 5.41 Å². The first kappa shape index (κ1) is 13.2. The molecule has 104 valence electrons. The van der Waals surface area contributed by atoms with Crippen LogP contribution in [-0.2, 0) is 12.0 Å². The summed E-state index contributed by atoms with van der Waals surface area (Å²) >= 11 is 0. The quantitative estimate of drug-likeness (QED) is 0.914. The van der Waals surface area contributed by atoms with Gasteiger partial charge in [-0.3, -0.25) is 0 Å². The molecule has 0 aromatic heterocycles. The predicted octanol–water partition coefficient (Wildman–Crippen LogP) is 3.74. The fourth-order valence-electron chi connectivity index (χ4n) is 2.77. The van der Waals surface area contributed by atoms with Gasteiger partial charge in [-0.1, -0.05) is 38.1 Å². The van der Waals surface area contributed by atoms with Crippen molar-refractivity contribution in [3.05, 3.63) is 53.6 Å². The van der Waals surface area contributed by atoms with Gasteiger partial charge in [0.25, 0.3) is 0 Å². The van der Waals surface area contributed by atoms with Crippen LogP contribution in [0.2, 0.25) is 0 Å². The van der Waals surface area contributed by atoms with E-state index in [4.69, 9.17) is 4.74 Å². The van der Waals surface area contributed by atoms with Gasteiger partial charge in [0.1, 0.15) is 5.75 Å². The van der Waals surface area contributed by atoms with Crippen LogP contribution in [0.4, 0.5) is 0 Å². The van der Waals surface area contributed by atoms with Gasteiger partial charge in [0.05, 0.1) is 6.61 Å². The van der Waals surface area contributed by atoms with E-state index in [1.54, 1.807) is 0 Å². The van der Waals surface area contributed by atoms with E-state index in [2.05, 4.69) is 61.6 Å². The van der Waals surface area contributed by atoms with Crippen LogP contribution in [0.15, 0.2) is 42.5 Å². The summed E-state index contributed by atoms with van der Waals surface area (Å²) in [6, 6.07) is 15.2. The average molecular weight is 267 g/mol. The first-order chi connectivity index (χ1) is 9.60. The maximum Gasteiger partial charge on any atom is 0.123 e. The lowest BCUT2D eigenvalue weighted by molar-refractivity contribution is 0.291. The third-order valence-electron chi connectivity index (χ3n) is 3.94. The Labute approximate surface area is 120 Å². The van der Waals surface area contributed by atoms with Gasteiger partial charge in [-0.05, 0) is 41.9 Å². The summed E-state index contributed by atoms with van der Waals surface area (Å²) in [6.07, 6.45) is 0. The molecule has 1 heterocycles. The zero-order valence-electron chi connectivity index (χ0n) is 12.4. The van der Waals surface area contributed by atoms with E-state index in [0.29, 0.717) is 0 Å². The molecule has 0 aliphatic carbocycles. The highest BCUT2D eigenvalue weighted by Crippen LogP contribution is 2.40. The van der Waals surface area contributed by atoms with Crippen LogP contribution in [0.3, 0.4) is 0 Å². The Hall–Kier alpha value is -1.80. The van der Waals surface area contributed by atoms with E-state index in [0.717, 1.165) is 18.9 Å². The number of fused-ring (bicyclic) bond motifs is 1. The molecule has 0 amide bonds. The SMILES string of the molecule is CNCc1cccc(-c2ccc3c(c2)C(C)(C)CO3)c1. The first-order valence-electron chi connectivity index (χ1n) is 7.11. The highest BCUT2D eigenvalue weighted by molar-refractivity contribution is 5.67. The summed E-state index contributed by atoms with van der Waals surface area (Å²) in [6.45, 7) is 6.14. The molecule has 3 rings (SSSR count). The molecular formula is C18H21NO. The molecule has 0 fully saturated rings. The number of benzene rings is 2. The highest BCUT2D eigenvalue weighted by atomic mass is 16.5. The lowest BCUT2D eigenvalue weighted by atomic mass is 9.85. The smallest absolute Gasteiger partial charge is 0.123 e. The number of rotatable bonds is 3. The molecular weight excluding hydrogens is 246 g/mol. The van der Waals surface area contributed by atoms with E-state index < -0.39 is 0 Å². The van der Waals surface area contributed by atoms with E-state index in [1.807, 2.05) is 7.05 Å². The van der Waals surface area contributed by atoms with Gasteiger partial charge >= 0.3 is 0 Å². The van der Waals surface area contributed by atoms with Crippen LogP contribution < -0.4 is 10.1 Å². The summed E-state index contributed by atoms with van der Waals surface area (Å²) in [5, 5.41) is 3.20. The molecule has 0 unspecified atom stereocenters. The summed E-state index contributed by atoms with van der Waals surface area (Å²) in [7, 11) is 1.97. The van der Waals surface area contributed by atoms with Gasteiger partial charge in [0.15, 0.2) is 0 Å². The Kier molecular flexibility index (Phi) is 3.27. The molecule has 0 bridgehead atoms. The molecule has 20 heavy (non-hydrogen) atoms. The number of hydrogen-bond acceptors (Lipinski definition) is 2. The molecule has 2 heteroatoms. The Morgan fingerprint density at radius 1 is 1.10 bits per heavy atom. The van der Waals surface area contributed by atoms with Crippen molar-refractivity contribution in [2.45, 2.75) is 25.8 Å². The third-order valence-corrected chi connectivity index (χ3v) is 3.94. The van der Waals surface area contributed by atoms with E-state index in [9.17, 15) is 0 Å². The number of hydrogen-bond donors (Lipinski definition) is 1.